The fourth-order valence-electron chi connectivity index (χ4n) is 3.67. The van der Waals surface area contributed by atoms with Crippen LogP contribution in [0.2, 0.25) is 0 Å². The van der Waals surface area contributed by atoms with Crippen molar-refractivity contribution in [1.82, 2.24) is 15.6 Å². The lowest BCUT2D eigenvalue weighted by Crippen LogP contribution is -2.48. The summed E-state index contributed by atoms with van der Waals surface area (Å²) < 4.78 is 0. The smallest absolute Gasteiger partial charge is 0.253 e. The summed E-state index contributed by atoms with van der Waals surface area (Å²) in [4.78, 5) is 29.5. The molecule has 1 atom stereocenters. The topological polar surface area (TPSA) is 94.9 Å². The van der Waals surface area contributed by atoms with Gasteiger partial charge in [-0.3, -0.25) is 14.6 Å². The normalized spacial score (nSPS) is 15.7. The highest BCUT2D eigenvalue weighted by Crippen LogP contribution is 2.27. The number of fused-ring (bicyclic) bond motifs is 1. The maximum Gasteiger partial charge on any atom is 0.253 e. The van der Waals surface area contributed by atoms with E-state index in [-0.39, 0.29) is 18.4 Å². The molecule has 1 heterocycles. The Balaban J connectivity index is 1.73. The lowest BCUT2D eigenvalue weighted by Gasteiger charge is -2.26. The van der Waals surface area contributed by atoms with E-state index in [1.165, 1.54) is 25.5 Å². The SMILES string of the molecule is N#CCNC(=O)[C@H](CC1CCCCC1)NC(=O)c1cnc2ccccc2c1. The highest BCUT2D eigenvalue weighted by Gasteiger charge is 2.26. The molecule has 1 saturated carbocycles. The average Bonchev–Trinajstić information content (AvgIpc) is 2.71. The first-order chi connectivity index (χ1) is 13.2. The molecule has 0 spiro atoms. The van der Waals surface area contributed by atoms with Crippen LogP contribution in [0.5, 0.6) is 0 Å². The van der Waals surface area contributed by atoms with Crippen LogP contribution in [0.3, 0.4) is 0 Å². The molecular weight excluding hydrogens is 340 g/mol. The number of nitriles is 1. The second kappa shape index (κ2) is 9.13. The van der Waals surface area contributed by atoms with Crippen LogP contribution in [0.1, 0.15) is 48.9 Å². The van der Waals surface area contributed by atoms with Crippen LogP contribution in [0.4, 0.5) is 0 Å². The fraction of sp³-hybridized carbons (Fsp3) is 0.429. The molecule has 0 saturated heterocycles. The quantitative estimate of drug-likeness (QED) is 0.771. The van der Waals surface area contributed by atoms with Crippen LogP contribution in [0.15, 0.2) is 36.5 Å². The number of carbonyl (C=O) groups is 2. The van der Waals surface area contributed by atoms with Gasteiger partial charge in [0.25, 0.3) is 5.91 Å². The molecule has 6 heteroatoms. The lowest BCUT2D eigenvalue weighted by atomic mass is 9.84. The van der Waals surface area contributed by atoms with Crippen molar-refractivity contribution in [2.24, 2.45) is 5.92 Å². The second-order valence-corrected chi connectivity index (χ2v) is 7.06. The zero-order valence-corrected chi connectivity index (χ0v) is 15.3. The molecule has 1 fully saturated rings. The monoisotopic (exact) mass is 364 g/mol. The fourth-order valence-corrected chi connectivity index (χ4v) is 3.67. The Hall–Kier alpha value is -2.94. The Morgan fingerprint density at radius 2 is 2.00 bits per heavy atom. The van der Waals surface area contributed by atoms with Gasteiger partial charge in [-0.05, 0) is 24.5 Å². The number of para-hydroxylation sites is 1. The highest BCUT2D eigenvalue weighted by atomic mass is 16.2. The van der Waals surface area contributed by atoms with E-state index in [0.29, 0.717) is 17.9 Å². The summed E-state index contributed by atoms with van der Waals surface area (Å²) in [7, 11) is 0. The van der Waals surface area contributed by atoms with Gasteiger partial charge < -0.3 is 10.6 Å². The summed E-state index contributed by atoms with van der Waals surface area (Å²) in [5.41, 5.74) is 1.25. The van der Waals surface area contributed by atoms with Gasteiger partial charge in [0.1, 0.15) is 12.6 Å². The third kappa shape index (κ3) is 5.04. The molecule has 140 valence electrons. The van der Waals surface area contributed by atoms with Crippen molar-refractivity contribution in [2.75, 3.05) is 6.54 Å². The number of amides is 2. The number of rotatable bonds is 6. The lowest BCUT2D eigenvalue weighted by molar-refractivity contribution is -0.123. The van der Waals surface area contributed by atoms with E-state index in [9.17, 15) is 9.59 Å². The summed E-state index contributed by atoms with van der Waals surface area (Å²) >= 11 is 0. The van der Waals surface area contributed by atoms with Crippen LogP contribution in [0, 0.1) is 17.2 Å². The van der Waals surface area contributed by atoms with E-state index in [2.05, 4.69) is 15.6 Å². The summed E-state index contributed by atoms with van der Waals surface area (Å²) in [5.74, 6) is -0.197. The molecule has 6 nitrogen and oxygen atoms in total. The molecule has 2 N–H and O–H groups in total. The van der Waals surface area contributed by atoms with Crippen LogP contribution in [-0.4, -0.2) is 29.4 Å². The van der Waals surface area contributed by atoms with Crippen LogP contribution < -0.4 is 10.6 Å². The number of nitrogens with one attached hydrogen (secondary N) is 2. The molecule has 27 heavy (non-hydrogen) atoms. The summed E-state index contributed by atoms with van der Waals surface area (Å²) in [6, 6.07) is 10.6. The van der Waals surface area contributed by atoms with Gasteiger partial charge in [0.15, 0.2) is 0 Å². The van der Waals surface area contributed by atoms with Crippen LogP contribution >= 0.6 is 0 Å². The van der Waals surface area contributed by atoms with Crippen molar-refractivity contribution in [3.63, 3.8) is 0 Å². The number of carbonyl (C=O) groups excluding carboxylic acids is 2. The summed E-state index contributed by atoms with van der Waals surface area (Å²) in [5, 5.41) is 15.0. The van der Waals surface area contributed by atoms with Crippen molar-refractivity contribution in [3.8, 4) is 6.07 Å². The van der Waals surface area contributed by atoms with Gasteiger partial charge in [-0.25, -0.2) is 0 Å². The van der Waals surface area contributed by atoms with Crippen molar-refractivity contribution in [2.45, 2.75) is 44.6 Å². The molecule has 0 unspecified atom stereocenters. The maximum atomic E-state index is 12.7. The molecule has 0 aliphatic heterocycles. The third-order valence-electron chi connectivity index (χ3n) is 5.11. The third-order valence-corrected chi connectivity index (χ3v) is 5.11. The highest BCUT2D eigenvalue weighted by molar-refractivity contribution is 5.99. The zero-order chi connectivity index (χ0) is 19.1. The first-order valence-electron chi connectivity index (χ1n) is 9.47. The number of nitrogens with zero attached hydrogens (tertiary/aromatic N) is 2. The van der Waals surface area contributed by atoms with Crippen LogP contribution in [0.25, 0.3) is 10.9 Å². The van der Waals surface area contributed by atoms with E-state index in [1.54, 1.807) is 6.07 Å². The molecule has 2 aromatic rings. The minimum Gasteiger partial charge on any atom is -0.341 e. The minimum atomic E-state index is -0.638. The van der Waals surface area contributed by atoms with E-state index < -0.39 is 6.04 Å². The second-order valence-electron chi connectivity index (χ2n) is 7.06. The molecule has 3 rings (SSSR count). The molecular formula is C21H24N4O2. The largest absolute Gasteiger partial charge is 0.341 e. The number of benzene rings is 1. The van der Waals surface area contributed by atoms with Crippen molar-refractivity contribution in [3.05, 3.63) is 42.1 Å². The van der Waals surface area contributed by atoms with Gasteiger partial charge in [-0.1, -0.05) is 50.3 Å². The predicted octanol–water partition coefficient (Wildman–Crippen LogP) is 2.94. The summed E-state index contributed by atoms with van der Waals surface area (Å²) in [6.45, 7) is -0.0621. The molecule has 1 aliphatic carbocycles. The Labute approximate surface area is 159 Å². The van der Waals surface area contributed by atoms with Gasteiger partial charge >= 0.3 is 0 Å². The number of pyridine rings is 1. The molecule has 1 aromatic carbocycles. The first-order valence-corrected chi connectivity index (χ1v) is 9.47. The van der Waals surface area contributed by atoms with E-state index >= 15 is 0 Å². The predicted molar refractivity (Wildman–Crippen MR) is 103 cm³/mol. The summed E-state index contributed by atoms with van der Waals surface area (Å²) in [6.07, 6.45) is 7.85. The zero-order valence-electron chi connectivity index (χ0n) is 15.3. The van der Waals surface area contributed by atoms with Gasteiger partial charge in [0.05, 0.1) is 17.1 Å². The Kier molecular flexibility index (Phi) is 6.37. The van der Waals surface area contributed by atoms with Crippen molar-refractivity contribution < 1.29 is 9.59 Å². The van der Waals surface area contributed by atoms with Gasteiger partial charge in [-0.15, -0.1) is 0 Å². The van der Waals surface area contributed by atoms with E-state index in [4.69, 9.17) is 5.26 Å². The van der Waals surface area contributed by atoms with Gasteiger partial charge in [-0.2, -0.15) is 5.26 Å². The van der Waals surface area contributed by atoms with Crippen molar-refractivity contribution in [1.29, 1.82) is 5.26 Å². The Morgan fingerprint density at radius 1 is 1.22 bits per heavy atom. The number of aromatic nitrogens is 1. The molecule has 2 amide bonds. The van der Waals surface area contributed by atoms with E-state index in [1.807, 2.05) is 30.3 Å². The number of hydrogen-bond donors (Lipinski definition) is 2. The molecule has 0 bridgehead atoms. The average molecular weight is 364 g/mol. The van der Waals surface area contributed by atoms with Gasteiger partial charge in [0.2, 0.25) is 5.91 Å². The first kappa shape index (κ1) is 18.8. The number of hydrogen-bond acceptors (Lipinski definition) is 4. The van der Waals surface area contributed by atoms with Crippen molar-refractivity contribution >= 4 is 22.7 Å². The standard InChI is InChI=1S/C21H24N4O2/c22-10-11-23-21(27)19(12-15-6-2-1-3-7-15)25-20(26)17-13-16-8-4-5-9-18(16)24-14-17/h4-5,8-9,13-15,19H,1-3,6-7,11-12H2,(H,23,27)(H,25,26)/t19-/m0/s1. The molecule has 0 radical (unpaired) electrons. The van der Waals surface area contributed by atoms with Crippen LogP contribution in [-0.2, 0) is 4.79 Å². The van der Waals surface area contributed by atoms with E-state index in [0.717, 1.165) is 23.7 Å². The Bertz CT molecular complexity index is 853. The maximum absolute atomic E-state index is 12.7. The van der Waals surface area contributed by atoms with Gasteiger partial charge in [0, 0.05) is 11.6 Å². The molecule has 1 aliphatic rings. The Morgan fingerprint density at radius 3 is 2.78 bits per heavy atom. The molecule has 1 aromatic heterocycles. The minimum absolute atomic E-state index is 0.0621.